The van der Waals surface area contributed by atoms with Gasteiger partial charge in [0.2, 0.25) is 5.91 Å². The molecule has 2 aromatic carbocycles. The van der Waals surface area contributed by atoms with Crippen LogP contribution >= 0.6 is 0 Å². The van der Waals surface area contributed by atoms with E-state index in [9.17, 15) is 9.59 Å². The molecule has 0 aromatic heterocycles. The number of benzene rings is 2. The number of carbonyl (C=O) groups excluding carboxylic acids is 2. The molecule has 1 aliphatic rings. The van der Waals surface area contributed by atoms with E-state index >= 15 is 0 Å². The summed E-state index contributed by atoms with van der Waals surface area (Å²) >= 11 is 0. The van der Waals surface area contributed by atoms with Gasteiger partial charge < -0.3 is 10.2 Å². The van der Waals surface area contributed by atoms with Gasteiger partial charge >= 0.3 is 0 Å². The van der Waals surface area contributed by atoms with Crippen LogP contribution < -0.4 is 10.2 Å². The van der Waals surface area contributed by atoms with E-state index in [2.05, 4.69) is 19.2 Å². The lowest BCUT2D eigenvalue weighted by molar-refractivity contribution is -0.117. The first-order chi connectivity index (χ1) is 12.1. The van der Waals surface area contributed by atoms with Gasteiger partial charge in [-0.25, -0.2) is 0 Å². The average Bonchev–Trinajstić information content (AvgIpc) is 3.06. The van der Waals surface area contributed by atoms with E-state index in [1.54, 1.807) is 17.0 Å². The smallest absolute Gasteiger partial charge is 0.251 e. The minimum atomic E-state index is -0.0955. The molecular formula is C21H24N2O2. The number of anilines is 1. The first kappa shape index (κ1) is 17.2. The molecule has 0 saturated carbocycles. The number of nitrogens with zero attached hydrogens (tertiary/aromatic N) is 1. The molecule has 0 aliphatic carbocycles. The lowest BCUT2D eigenvalue weighted by atomic mass is 9.95. The minimum Gasteiger partial charge on any atom is -0.345 e. The Bertz CT molecular complexity index is 738. The van der Waals surface area contributed by atoms with Gasteiger partial charge in [0.05, 0.1) is 6.04 Å². The van der Waals surface area contributed by atoms with Crippen LogP contribution in [0.2, 0.25) is 0 Å². The van der Waals surface area contributed by atoms with Gasteiger partial charge in [-0.15, -0.1) is 0 Å². The van der Waals surface area contributed by atoms with Crippen LogP contribution in [0, 0.1) is 5.92 Å². The van der Waals surface area contributed by atoms with Gasteiger partial charge in [0.25, 0.3) is 5.91 Å². The van der Waals surface area contributed by atoms with Crippen molar-refractivity contribution in [2.24, 2.45) is 5.92 Å². The molecule has 130 valence electrons. The number of carbonyl (C=O) groups is 2. The Kier molecular flexibility index (Phi) is 5.17. The van der Waals surface area contributed by atoms with Crippen LogP contribution in [0.1, 0.15) is 48.7 Å². The summed E-state index contributed by atoms with van der Waals surface area (Å²) in [7, 11) is 0. The van der Waals surface area contributed by atoms with Crippen LogP contribution in [0.15, 0.2) is 54.6 Å². The molecule has 4 nitrogen and oxygen atoms in total. The molecule has 2 amide bonds. The molecule has 0 bridgehead atoms. The molecule has 25 heavy (non-hydrogen) atoms. The molecule has 0 radical (unpaired) electrons. The fraction of sp³-hybridized carbons (Fsp3) is 0.333. The van der Waals surface area contributed by atoms with Crippen LogP contribution in [0.5, 0.6) is 0 Å². The summed E-state index contributed by atoms with van der Waals surface area (Å²) in [5.41, 5.74) is 2.57. The van der Waals surface area contributed by atoms with E-state index in [1.165, 1.54) is 0 Å². The molecule has 1 unspecified atom stereocenters. The minimum absolute atomic E-state index is 0.0338. The molecule has 2 aromatic rings. The normalized spacial score (nSPS) is 15.5. The summed E-state index contributed by atoms with van der Waals surface area (Å²) in [4.78, 5) is 26.2. The quantitative estimate of drug-likeness (QED) is 0.899. The maximum Gasteiger partial charge on any atom is 0.251 e. The topological polar surface area (TPSA) is 49.4 Å². The van der Waals surface area contributed by atoms with Crippen molar-refractivity contribution in [1.82, 2.24) is 5.32 Å². The average molecular weight is 336 g/mol. The van der Waals surface area contributed by atoms with Gasteiger partial charge in [-0.2, -0.15) is 0 Å². The number of nitrogens with one attached hydrogen (secondary N) is 1. The summed E-state index contributed by atoms with van der Waals surface area (Å²) in [6, 6.07) is 17.3. The summed E-state index contributed by atoms with van der Waals surface area (Å²) in [5.74, 6) is 0.343. The van der Waals surface area contributed by atoms with Crippen molar-refractivity contribution >= 4 is 17.5 Å². The van der Waals surface area contributed by atoms with Gasteiger partial charge in [0, 0.05) is 24.2 Å². The number of amides is 2. The van der Waals surface area contributed by atoms with Crippen molar-refractivity contribution in [2.75, 3.05) is 11.4 Å². The third kappa shape index (κ3) is 3.90. The zero-order valence-electron chi connectivity index (χ0n) is 14.7. The number of hydrogen-bond donors (Lipinski definition) is 1. The van der Waals surface area contributed by atoms with Gasteiger partial charge in [0.15, 0.2) is 0 Å². The maximum atomic E-state index is 12.6. The number of rotatable bonds is 5. The summed E-state index contributed by atoms with van der Waals surface area (Å²) in [6.45, 7) is 4.95. The molecular weight excluding hydrogens is 312 g/mol. The van der Waals surface area contributed by atoms with Gasteiger partial charge in [0.1, 0.15) is 0 Å². The van der Waals surface area contributed by atoms with Crippen LogP contribution in [0.25, 0.3) is 0 Å². The highest BCUT2D eigenvalue weighted by Crippen LogP contribution is 2.24. The maximum absolute atomic E-state index is 12.6. The summed E-state index contributed by atoms with van der Waals surface area (Å²) in [6.07, 6.45) is 1.50. The second-order valence-corrected chi connectivity index (χ2v) is 6.80. The van der Waals surface area contributed by atoms with E-state index < -0.39 is 0 Å². The van der Waals surface area contributed by atoms with E-state index in [4.69, 9.17) is 0 Å². The monoisotopic (exact) mass is 336 g/mol. The fourth-order valence-electron chi connectivity index (χ4n) is 3.23. The lowest BCUT2D eigenvalue weighted by Gasteiger charge is -2.23. The van der Waals surface area contributed by atoms with E-state index in [0.717, 1.165) is 24.2 Å². The van der Waals surface area contributed by atoms with Crippen LogP contribution in [-0.2, 0) is 4.79 Å². The Hall–Kier alpha value is -2.62. The predicted octanol–water partition coefficient (Wildman–Crippen LogP) is 3.94. The van der Waals surface area contributed by atoms with Crippen molar-refractivity contribution < 1.29 is 9.59 Å². The second-order valence-electron chi connectivity index (χ2n) is 6.80. The van der Waals surface area contributed by atoms with E-state index in [0.29, 0.717) is 12.0 Å². The van der Waals surface area contributed by atoms with Crippen LogP contribution in [-0.4, -0.2) is 18.4 Å². The molecule has 1 fully saturated rings. The van der Waals surface area contributed by atoms with E-state index in [-0.39, 0.29) is 23.8 Å². The third-order valence-corrected chi connectivity index (χ3v) is 4.63. The van der Waals surface area contributed by atoms with Crippen LogP contribution in [0.3, 0.4) is 0 Å². The highest BCUT2D eigenvalue weighted by Gasteiger charge is 2.22. The Morgan fingerprint density at radius 1 is 1.04 bits per heavy atom. The molecule has 1 atom stereocenters. The molecule has 4 heteroatoms. The van der Waals surface area contributed by atoms with E-state index in [1.807, 2.05) is 42.5 Å². The Balaban J connectivity index is 1.73. The first-order valence-corrected chi connectivity index (χ1v) is 8.82. The highest BCUT2D eigenvalue weighted by atomic mass is 16.2. The number of hydrogen-bond acceptors (Lipinski definition) is 2. The molecule has 1 heterocycles. The Morgan fingerprint density at radius 2 is 1.72 bits per heavy atom. The fourth-order valence-corrected chi connectivity index (χ4v) is 3.23. The van der Waals surface area contributed by atoms with Crippen molar-refractivity contribution in [3.8, 4) is 0 Å². The van der Waals surface area contributed by atoms with Crippen molar-refractivity contribution in [1.29, 1.82) is 0 Å². The molecule has 0 spiro atoms. The zero-order valence-corrected chi connectivity index (χ0v) is 14.7. The van der Waals surface area contributed by atoms with Crippen molar-refractivity contribution in [2.45, 2.75) is 32.7 Å². The predicted molar refractivity (Wildman–Crippen MR) is 99.5 cm³/mol. The summed E-state index contributed by atoms with van der Waals surface area (Å²) in [5, 5.41) is 3.13. The molecule has 1 N–H and O–H groups in total. The zero-order chi connectivity index (χ0) is 17.8. The Labute approximate surface area is 148 Å². The van der Waals surface area contributed by atoms with Gasteiger partial charge in [-0.05, 0) is 42.2 Å². The second kappa shape index (κ2) is 7.51. The van der Waals surface area contributed by atoms with Gasteiger partial charge in [-0.3, -0.25) is 9.59 Å². The standard InChI is InChI=1S/C21H24N2O2/c1-15(2)20(16-7-4-3-5-8-16)22-21(25)17-10-12-18(13-11-17)23-14-6-9-19(23)24/h3-5,7-8,10-13,15,20H,6,9,14H2,1-2H3,(H,22,25). The van der Waals surface area contributed by atoms with Crippen molar-refractivity contribution in [3.05, 3.63) is 65.7 Å². The molecule has 1 aliphatic heterocycles. The first-order valence-electron chi connectivity index (χ1n) is 8.82. The Morgan fingerprint density at radius 3 is 2.28 bits per heavy atom. The molecule has 1 saturated heterocycles. The lowest BCUT2D eigenvalue weighted by Crippen LogP contribution is -2.31. The molecule has 3 rings (SSSR count). The third-order valence-electron chi connectivity index (χ3n) is 4.63. The SMILES string of the molecule is CC(C)C(NC(=O)c1ccc(N2CCCC2=O)cc1)c1ccccc1. The van der Waals surface area contributed by atoms with Crippen LogP contribution in [0.4, 0.5) is 5.69 Å². The largest absolute Gasteiger partial charge is 0.345 e. The highest BCUT2D eigenvalue weighted by molar-refractivity contribution is 5.97. The van der Waals surface area contributed by atoms with Gasteiger partial charge in [-0.1, -0.05) is 44.2 Å². The summed E-state index contributed by atoms with van der Waals surface area (Å²) < 4.78 is 0. The van der Waals surface area contributed by atoms with Crippen molar-refractivity contribution in [3.63, 3.8) is 0 Å².